The van der Waals surface area contributed by atoms with Crippen LogP contribution in [0.1, 0.15) is 15.2 Å². The number of anilines is 1. The van der Waals surface area contributed by atoms with E-state index in [-0.39, 0.29) is 21.2 Å². The van der Waals surface area contributed by atoms with Gasteiger partial charge < -0.3 is 11.1 Å². The van der Waals surface area contributed by atoms with Crippen molar-refractivity contribution in [2.75, 3.05) is 5.32 Å². The van der Waals surface area contributed by atoms with Crippen molar-refractivity contribution in [3.05, 3.63) is 50.9 Å². The van der Waals surface area contributed by atoms with Crippen LogP contribution in [0.5, 0.6) is 0 Å². The minimum atomic E-state index is -2.29. The molecule has 2 aromatic rings. The minimum absolute atomic E-state index is 0.0973. The Kier molecular flexibility index (Phi) is 3.26. The summed E-state index contributed by atoms with van der Waals surface area (Å²) >= 11 is 6.73. The Labute approximate surface area is 132 Å². The zero-order chi connectivity index (χ0) is 16.1. The van der Waals surface area contributed by atoms with Gasteiger partial charge in [0, 0.05) is 11.3 Å². The molecule has 0 fully saturated rings. The minimum Gasteiger partial charge on any atom is -0.368 e. The lowest BCUT2D eigenvalue weighted by Gasteiger charge is -2.21. The van der Waals surface area contributed by atoms with Crippen molar-refractivity contribution < 1.29 is 18.8 Å². The molecule has 0 saturated carbocycles. The predicted molar refractivity (Wildman–Crippen MR) is 79.6 cm³/mol. The van der Waals surface area contributed by atoms with Crippen LogP contribution < -0.4 is 11.1 Å². The second-order valence-corrected chi connectivity index (χ2v) is 6.04. The summed E-state index contributed by atoms with van der Waals surface area (Å²) in [6, 6.07) is 5.11. The molecule has 0 bridgehead atoms. The lowest BCUT2D eigenvalue weighted by atomic mass is 9.76. The fraction of sp³-hybridized carbons (Fsp3) is 0.0714. The summed E-state index contributed by atoms with van der Waals surface area (Å²) in [5.74, 6) is -3.70. The van der Waals surface area contributed by atoms with E-state index in [9.17, 15) is 18.8 Å². The summed E-state index contributed by atoms with van der Waals surface area (Å²) in [5.41, 5.74) is 3.05. The maximum atomic E-state index is 13.8. The smallest absolute Gasteiger partial charge is 0.252 e. The third-order valence-electron chi connectivity index (χ3n) is 3.51. The molecule has 1 unspecified atom stereocenters. The Morgan fingerprint density at radius 1 is 1.36 bits per heavy atom. The van der Waals surface area contributed by atoms with Gasteiger partial charge in [-0.2, -0.15) is 0 Å². The molecule has 1 aliphatic heterocycles. The number of carbonyl (C=O) groups is 3. The number of rotatable bonds is 3. The number of nitrogens with two attached hydrogens (primary N) is 1. The van der Waals surface area contributed by atoms with Crippen molar-refractivity contribution >= 4 is 46.2 Å². The molecule has 3 rings (SSSR count). The summed E-state index contributed by atoms with van der Waals surface area (Å²) < 4.78 is 13.8. The van der Waals surface area contributed by atoms with Crippen molar-refractivity contribution in [1.29, 1.82) is 0 Å². The van der Waals surface area contributed by atoms with Crippen LogP contribution in [-0.2, 0) is 15.0 Å². The molecular weight excluding hydrogens is 331 g/mol. The Bertz CT molecular complexity index is 822. The number of primary amides is 1. The quantitative estimate of drug-likeness (QED) is 0.663. The Morgan fingerprint density at radius 3 is 2.68 bits per heavy atom. The highest BCUT2D eigenvalue weighted by Crippen LogP contribution is 2.42. The molecule has 0 saturated heterocycles. The first-order valence-corrected chi connectivity index (χ1v) is 7.34. The highest BCUT2D eigenvalue weighted by molar-refractivity contribution is 7.12. The van der Waals surface area contributed by atoms with Gasteiger partial charge in [-0.25, -0.2) is 4.39 Å². The van der Waals surface area contributed by atoms with Gasteiger partial charge in [-0.1, -0.05) is 17.7 Å². The van der Waals surface area contributed by atoms with Crippen LogP contribution in [0.3, 0.4) is 0 Å². The Hall–Kier alpha value is -2.25. The summed E-state index contributed by atoms with van der Waals surface area (Å²) in [6.07, 6.45) is 0. The maximum absolute atomic E-state index is 13.8. The second kappa shape index (κ2) is 4.89. The lowest BCUT2D eigenvalue weighted by molar-refractivity contribution is -0.130. The van der Waals surface area contributed by atoms with Crippen LogP contribution in [-0.4, -0.2) is 17.6 Å². The van der Waals surface area contributed by atoms with Crippen molar-refractivity contribution in [1.82, 2.24) is 0 Å². The SMILES string of the molecule is NC(=O)C1(C(=O)c2cccs2)C(=O)Nc2cc(Cl)c(F)cc21. The number of amides is 2. The lowest BCUT2D eigenvalue weighted by Crippen LogP contribution is -2.52. The van der Waals surface area contributed by atoms with Crippen molar-refractivity contribution in [3.8, 4) is 0 Å². The summed E-state index contributed by atoms with van der Waals surface area (Å²) in [6.45, 7) is 0. The van der Waals surface area contributed by atoms with E-state index in [0.29, 0.717) is 0 Å². The van der Waals surface area contributed by atoms with Crippen molar-refractivity contribution in [2.24, 2.45) is 5.73 Å². The molecular formula is C14H8ClFN2O3S. The molecule has 22 heavy (non-hydrogen) atoms. The average Bonchev–Trinajstić information content (AvgIpc) is 3.05. The molecule has 3 N–H and O–H groups in total. The number of Topliss-reactive ketones (excluding diaryl/α,β-unsaturated/α-hetero) is 1. The molecule has 2 heterocycles. The summed E-state index contributed by atoms with van der Waals surface area (Å²) in [5, 5.41) is 3.76. The van der Waals surface area contributed by atoms with E-state index in [1.54, 1.807) is 11.4 Å². The van der Waals surface area contributed by atoms with Crippen LogP contribution in [0.25, 0.3) is 0 Å². The van der Waals surface area contributed by atoms with E-state index in [1.807, 2.05) is 0 Å². The molecule has 0 spiro atoms. The van der Waals surface area contributed by atoms with Gasteiger partial charge in [0.1, 0.15) is 5.82 Å². The number of hydrogen-bond donors (Lipinski definition) is 2. The zero-order valence-electron chi connectivity index (χ0n) is 10.9. The first-order valence-electron chi connectivity index (χ1n) is 6.08. The first-order chi connectivity index (χ1) is 10.4. The largest absolute Gasteiger partial charge is 0.368 e. The van der Waals surface area contributed by atoms with Gasteiger partial charge in [0.05, 0.1) is 9.90 Å². The van der Waals surface area contributed by atoms with Gasteiger partial charge >= 0.3 is 0 Å². The molecule has 8 heteroatoms. The summed E-state index contributed by atoms with van der Waals surface area (Å²) in [4.78, 5) is 37.3. The number of hydrogen-bond acceptors (Lipinski definition) is 4. The van der Waals surface area contributed by atoms with Crippen LogP contribution in [0.2, 0.25) is 5.02 Å². The van der Waals surface area contributed by atoms with E-state index >= 15 is 0 Å². The third kappa shape index (κ3) is 1.79. The number of thiophene rings is 1. The van der Waals surface area contributed by atoms with Gasteiger partial charge in [-0.3, -0.25) is 14.4 Å². The van der Waals surface area contributed by atoms with Gasteiger partial charge in [0.15, 0.2) is 0 Å². The molecule has 1 atom stereocenters. The average molecular weight is 339 g/mol. The van der Waals surface area contributed by atoms with Crippen molar-refractivity contribution in [2.45, 2.75) is 5.41 Å². The molecule has 2 amide bonds. The van der Waals surface area contributed by atoms with Gasteiger partial charge in [-0.15, -0.1) is 11.3 Å². The predicted octanol–water partition coefficient (Wildman–Crippen LogP) is 2.10. The van der Waals surface area contributed by atoms with Crippen LogP contribution in [0.15, 0.2) is 29.6 Å². The highest BCUT2D eigenvalue weighted by atomic mass is 35.5. The summed E-state index contributed by atoms with van der Waals surface area (Å²) in [7, 11) is 0. The van der Waals surface area contributed by atoms with E-state index in [1.165, 1.54) is 6.07 Å². The number of nitrogens with one attached hydrogen (secondary N) is 1. The van der Waals surface area contributed by atoms with Gasteiger partial charge in [0.25, 0.3) is 5.91 Å². The molecule has 1 aromatic heterocycles. The molecule has 0 aliphatic carbocycles. The molecule has 1 aromatic carbocycles. The topological polar surface area (TPSA) is 89.3 Å². The van der Waals surface area contributed by atoms with Gasteiger partial charge in [0.2, 0.25) is 17.1 Å². The fourth-order valence-corrected chi connectivity index (χ4v) is 3.36. The van der Waals surface area contributed by atoms with Crippen molar-refractivity contribution in [3.63, 3.8) is 0 Å². The Morgan fingerprint density at radius 2 is 2.09 bits per heavy atom. The monoisotopic (exact) mass is 338 g/mol. The van der Waals surface area contributed by atoms with E-state index < -0.39 is 28.8 Å². The van der Waals surface area contributed by atoms with Crippen LogP contribution >= 0.6 is 22.9 Å². The Balaban J connectivity index is 2.30. The van der Waals surface area contributed by atoms with E-state index in [0.717, 1.165) is 23.5 Å². The number of carbonyl (C=O) groups excluding carboxylic acids is 3. The number of ketones is 1. The van der Waals surface area contributed by atoms with E-state index in [4.69, 9.17) is 17.3 Å². The second-order valence-electron chi connectivity index (χ2n) is 4.69. The zero-order valence-corrected chi connectivity index (χ0v) is 12.4. The number of fused-ring (bicyclic) bond motifs is 1. The standard InChI is InChI=1S/C14H8ClFN2O3S/c15-7-5-9-6(4-8(7)16)14(12(17)20,13(21)18-9)11(19)10-2-1-3-22-10/h1-5H,(H2,17,20)(H,18,21). The van der Waals surface area contributed by atoms with E-state index in [2.05, 4.69) is 5.32 Å². The molecule has 5 nitrogen and oxygen atoms in total. The number of benzene rings is 1. The fourth-order valence-electron chi connectivity index (χ4n) is 2.47. The molecule has 112 valence electrons. The van der Waals surface area contributed by atoms with Gasteiger partial charge in [-0.05, 0) is 23.6 Å². The molecule has 1 aliphatic rings. The highest BCUT2D eigenvalue weighted by Gasteiger charge is 2.58. The maximum Gasteiger partial charge on any atom is 0.252 e. The first kappa shape index (κ1) is 14.7. The van der Waals surface area contributed by atoms with Crippen LogP contribution in [0, 0.1) is 5.82 Å². The number of halogens is 2. The molecule has 0 radical (unpaired) electrons. The third-order valence-corrected chi connectivity index (χ3v) is 4.67. The van der Waals surface area contributed by atoms with Crippen LogP contribution in [0.4, 0.5) is 10.1 Å². The normalized spacial score (nSPS) is 19.6.